The van der Waals surface area contributed by atoms with Gasteiger partial charge in [0.05, 0.1) is 11.0 Å². The van der Waals surface area contributed by atoms with E-state index in [1.807, 2.05) is 24.3 Å². The van der Waals surface area contributed by atoms with Crippen LogP contribution in [-0.4, -0.2) is 4.92 Å². The van der Waals surface area contributed by atoms with Gasteiger partial charge < -0.3 is 5.32 Å². The van der Waals surface area contributed by atoms with Crippen LogP contribution in [0.2, 0.25) is 0 Å². The molecule has 1 unspecified atom stereocenters. The first-order chi connectivity index (χ1) is 9.63. The Morgan fingerprint density at radius 3 is 2.45 bits per heavy atom. The Kier molecular flexibility index (Phi) is 4.35. The molecule has 2 aromatic carbocycles. The van der Waals surface area contributed by atoms with Gasteiger partial charge in [0.25, 0.3) is 5.69 Å². The Morgan fingerprint density at radius 2 is 1.85 bits per heavy atom. The second kappa shape index (κ2) is 6.19. The average molecular weight is 270 g/mol. The smallest absolute Gasteiger partial charge is 0.274 e. The van der Waals surface area contributed by atoms with Crippen molar-refractivity contribution in [2.45, 2.75) is 26.3 Å². The fraction of sp³-hybridized carbons (Fsp3) is 0.250. The van der Waals surface area contributed by atoms with E-state index in [9.17, 15) is 10.1 Å². The summed E-state index contributed by atoms with van der Waals surface area (Å²) < 4.78 is 0. The number of nitrogens with zero attached hydrogens (tertiary/aromatic N) is 1. The Hall–Kier alpha value is -2.36. The van der Waals surface area contributed by atoms with E-state index in [4.69, 9.17) is 0 Å². The summed E-state index contributed by atoms with van der Waals surface area (Å²) in [6, 6.07) is 15.4. The van der Waals surface area contributed by atoms with Crippen molar-refractivity contribution in [3.05, 3.63) is 69.8 Å². The molecule has 104 valence electrons. The topological polar surface area (TPSA) is 55.2 Å². The summed E-state index contributed by atoms with van der Waals surface area (Å²) in [5.41, 5.74) is 2.82. The van der Waals surface area contributed by atoms with Crippen LogP contribution in [0.25, 0.3) is 0 Å². The molecule has 0 aromatic heterocycles. The summed E-state index contributed by atoms with van der Waals surface area (Å²) in [6.45, 7) is 3.87. The van der Waals surface area contributed by atoms with Gasteiger partial charge in [0.1, 0.15) is 0 Å². The molecule has 0 bridgehead atoms. The van der Waals surface area contributed by atoms with Crippen LogP contribution < -0.4 is 5.32 Å². The minimum Gasteiger partial charge on any atom is -0.378 e. The zero-order chi connectivity index (χ0) is 14.5. The highest BCUT2D eigenvalue weighted by atomic mass is 16.6. The fourth-order valence-electron chi connectivity index (χ4n) is 2.27. The molecular formula is C16H18N2O2. The summed E-state index contributed by atoms with van der Waals surface area (Å²) in [7, 11) is 0. The first-order valence-corrected chi connectivity index (χ1v) is 6.69. The molecule has 1 atom stereocenters. The number of nitro benzene ring substituents is 1. The lowest BCUT2D eigenvalue weighted by Gasteiger charge is -2.20. The Bertz CT molecular complexity index is 597. The fourth-order valence-corrected chi connectivity index (χ4v) is 2.27. The van der Waals surface area contributed by atoms with Crippen molar-refractivity contribution in [2.75, 3.05) is 5.32 Å². The number of benzene rings is 2. The van der Waals surface area contributed by atoms with Gasteiger partial charge in [0.2, 0.25) is 0 Å². The van der Waals surface area contributed by atoms with Crippen molar-refractivity contribution in [2.24, 2.45) is 0 Å². The number of hydrogen-bond donors (Lipinski definition) is 1. The largest absolute Gasteiger partial charge is 0.378 e. The van der Waals surface area contributed by atoms with E-state index < -0.39 is 0 Å². The van der Waals surface area contributed by atoms with E-state index in [1.54, 1.807) is 13.0 Å². The van der Waals surface area contributed by atoms with Crippen LogP contribution in [0.4, 0.5) is 11.4 Å². The van der Waals surface area contributed by atoms with Crippen LogP contribution in [0.15, 0.2) is 48.5 Å². The van der Waals surface area contributed by atoms with Crippen molar-refractivity contribution in [3.63, 3.8) is 0 Å². The van der Waals surface area contributed by atoms with Crippen molar-refractivity contribution in [3.8, 4) is 0 Å². The zero-order valence-electron chi connectivity index (χ0n) is 11.7. The van der Waals surface area contributed by atoms with E-state index in [-0.39, 0.29) is 16.7 Å². The minimum absolute atomic E-state index is 0.150. The van der Waals surface area contributed by atoms with Crippen molar-refractivity contribution in [1.82, 2.24) is 0 Å². The molecule has 1 N–H and O–H groups in total. The molecule has 0 aliphatic rings. The van der Waals surface area contributed by atoms with Crippen LogP contribution in [0.3, 0.4) is 0 Å². The van der Waals surface area contributed by atoms with E-state index in [0.717, 1.165) is 12.1 Å². The predicted octanol–water partition coefficient (Wildman–Crippen LogP) is 4.47. The monoisotopic (exact) mass is 270 g/mol. The van der Waals surface area contributed by atoms with Crippen molar-refractivity contribution >= 4 is 11.4 Å². The molecule has 4 heteroatoms. The van der Waals surface area contributed by atoms with Gasteiger partial charge in [0.15, 0.2) is 0 Å². The van der Waals surface area contributed by atoms with Gasteiger partial charge in [-0.05, 0) is 25.0 Å². The highest BCUT2D eigenvalue weighted by Crippen LogP contribution is 2.29. The molecule has 0 amide bonds. The van der Waals surface area contributed by atoms with Gasteiger partial charge in [-0.1, -0.05) is 43.3 Å². The molecule has 0 saturated carbocycles. The number of anilines is 1. The third kappa shape index (κ3) is 2.96. The normalized spacial score (nSPS) is 11.9. The zero-order valence-corrected chi connectivity index (χ0v) is 11.7. The van der Waals surface area contributed by atoms with Gasteiger partial charge in [-0.25, -0.2) is 0 Å². The quantitative estimate of drug-likeness (QED) is 0.644. The first-order valence-electron chi connectivity index (χ1n) is 6.69. The number of nitro groups is 1. The molecule has 0 radical (unpaired) electrons. The summed E-state index contributed by atoms with van der Waals surface area (Å²) in [4.78, 5) is 10.6. The lowest BCUT2D eigenvalue weighted by molar-refractivity contribution is -0.385. The van der Waals surface area contributed by atoms with Gasteiger partial charge in [-0.3, -0.25) is 10.1 Å². The maximum atomic E-state index is 11.0. The molecular weight excluding hydrogens is 252 g/mol. The maximum Gasteiger partial charge on any atom is 0.274 e. The van der Waals surface area contributed by atoms with Gasteiger partial charge in [-0.15, -0.1) is 0 Å². The molecule has 0 fully saturated rings. The van der Waals surface area contributed by atoms with Crippen LogP contribution >= 0.6 is 0 Å². The lowest BCUT2D eigenvalue weighted by Crippen LogP contribution is -2.11. The van der Waals surface area contributed by atoms with Crippen molar-refractivity contribution in [1.29, 1.82) is 0 Å². The predicted molar refractivity (Wildman–Crippen MR) is 80.9 cm³/mol. The summed E-state index contributed by atoms with van der Waals surface area (Å²) in [6.07, 6.45) is 0.909. The highest BCUT2D eigenvalue weighted by molar-refractivity contribution is 5.60. The first kappa shape index (κ1) is 14.1. The molecule has 0 heterocycles. The second-order valence-electron chi connectivity index (χ2n) is 4.72. The summed E-state index contributed by atoms with van der Waals surface area (Å²) in [5.74, 6) is 0. The maximum absolute atomic E-state index is 11.0. The van der Waals surface area contributed by atoms with Gasteiger partial charge in [-0.2, -0.15) is 0 Å². The molecule has 0 spiro atoms. The molecule has 0 aliphatic carbocycles. The average Bonchev–Trinajstić information content (AvgIpc) is 2.47. The van der Waals surface area contributed by atoms with E-state index in [0.29, 0.717) is 5.56 Å². The molecule has 2 aromatic rings. The van der Waals surface area contributed by atoms with Crippen LogP contribution in [0.5, 0.6) is 0 Å². The molecule has 0 aliphatic heterocycles. The molecule has 20 heavy (non-hydrogen) atoms. The summed E-state index contributed by atoms with van der Waals surface area (Å²) >= 11 is 0. The summed E-state index contributed by atoms with van der Waals surface area (Å²) in [5, 5.41) is 14.4. The lowest BCUT2D eigenvalue weighted by atomic mass is 10.0. The highest BCUT2D eigenvalue weighted by Gasteiger charge is 2.16. The molecule has 2 rings (SSSR count). The Balaban J connectivity index is 2.29. The van der Waals surface area contributed by atoms with E-state index in [1.165, 1.54) is 11.6 Å². The van der Waals surface area contributed by atoms with Gasteiger partial charge in [0, 0.05) is 17.3 Å². The Morgan fingerprint density at radius 1 is 1.15 bits per heavy atom. The Labute approximate surface area is 118 Å². The van der Waals surface area contributed by atoms with E-state index in [2.05, 4.69) is 24.4 Å². The standard InChI is InChI=1S/C16H18N2O2/c1-3-14(13-8-5-4-6-9-13)17-15-10-7-11-16(12(15)2)18(19)20/h4-11,14,17H,3H2,1-2H3. The third-order valence-corrected chi connectivity index (χ3v) is 3.44. The van der Waals surface area contributed by atoms with Crippen LogP contribution in [0.1, 0.15) is 30.5 Å². The number of rotatable bonds is 5. The van der Waals surface area contributed by atoms with Crippen LogP contribution in [0, 0.1) is 17.0 Å². The molecule has 0 saturated heterocycles. The second-order valence-corrected chi connectivity index (χ2v) is 4.72. The van der Waals surface area contributed by atoms with Crippen molar-refractivity contribution < 1.29 is 4.92 Å². The third-order valence-electron chi connectivity index (χ3n) is 3.44. The SMILES string of the molecule is CCC(Nc1cccc([N+](=O)[O-])c1C)c1ccccc1. The van der Waals surface area contributed by atoms with Crippen LogP contribution in [-0.2, 0) is 0 Å². The van der Waals surface area contributed by atoms with Gasteiger partial charge >= 0.3 is 0 Å². The number of nitrogens with one attached hydrogen (secondary N) is 1. The number of hydrogen-bond acceptors (Lipinski definition) is 3. The minimum atomic E-state index is -0.343. The molecule has 4 nitrogen and oxygen atoms in total. The van der Waals surface area contributed by atoms with E-state index >= 15 is 0 Å².